The summed E-state index contributed by atoms with van der Waals surface area (Å²) in [6.07, 6.45) is 0.309. The number of rotatable bonds is 3. The van der Waals surface area contributed by atoms with E-state index in [2.05, 4.69) is 10.6 Å². The van der Waals surface area contributed by atoms with Gasteiger partial charge >= 0.3 is 0 Å². The van der Waals surface area contributed by atoms with Gasteiger partial charge in [0.15, 0.2) is 0 Å². The van der Waals surface area contributed by atoms with Gasteiger partial charge in [-0.1, -0.05) is 0 Å². The second-order valence-corrected chi connectivity index (χ2v) is 3.90. The average molecular weight is 249 g/mol. The molecule has 1 aliphatic rings. The van der Waals surface area contributed by atoms with E-state index < -0.39 is 0 Å². The lowest BCUT2D eigenvalue weighted by Gasteiger charge is -2.09. The maximum Gasteiger partial charge on any atom is 0.251 e. The number of nitrogens with two attached hydrogens (primary N) is 1. The molecule has 0 saturated carbocycles. The van der Waals surface area contributed by atoms with Gasteiger partial charge in [-0.05, 0) is 18.2 Å². The van der Waals surface area contributed by atoms with Gasteiger partial charge in [-0.15, -0.1) is 0 Å². The summed E-state index contributed by atoms with van der Waals surface area (Å²) in [4.78, 5) is 23.1. The first kappa shape index (κ1) is 12.4. The highest BCUT2D eigenvalue weighted by Crippen LogP contribution is 2.27. The van der Waals surface area contributed by atoms with Crippen LogP contribution in [0, 0.1) is 0 Å². The second kappa shape index (κ2) is 5.50. The molecule has 4 N–H and O–H groups in total. The fraction of sp³-hybridized carbons (Fsp3) is 0.333. The minimum absolute atomic E-state index is 0.117. The van der Waals surface area contributed by atoms with E-state index in [1.165, 1.54) is 0 Å². The first-order chi connectivity index (χ1) is 8.70. The van der Waals surface area contributed by atoms with Gasteiger partial charge in [0.25, 0.3) is 5.91 Å². The highest BCUT2D eigenvalue weighted by Gasteiger charge is 2.15. The zero-order valence-electron chi connectivity index (χ0n) is 9.86. The molecule has 1 aromatic rings. The molecule has 6 nitrogen and oxygen atoms in total. The zero-order valence-corrected chi connectivity index (χ0v) is 9.86. The highest BCUT2D eigenvalue weighted by molar-refractivity contribution is 5.98. The van der Waals surface area contributed by atoms with Crippen molar-refractivity contribution in [3.8, 4) is 5.75 Å². The fourth-order valence-electron chi connectivity index (χ4n) is 1.65. The Hall–Kier alpha value is -2.08. The van der Waals surface area contributed by atoms with E-state index in [0.29, 0.717) is 43.1 Å². The molecule has 0 fully saturated rings. The molecule has 0 aromatic heterocycles. The van der Waals surface area contributed by atoms with Crippen molar-refractivity contribution in [2.75, 3.05) is 25.0 Å². The van der Waals surface area contributed by atoms with Crippen molar-refractivity contribution in [2.24, 2.45) is 5.73 Å². The molecule has 0 unspecified atom stereocenters. The third-order valence-electron chi connectivity index (χ3n) is 2.53. The number of hydrogen-bond acceptors (Lipinski definition) is 4. The molecule has 0 radical (unpaired) electrons. The van der Waals surface area contributed by atoms with Crippen LogP contribution in [-0.2, 0) is 4.79 Å². The molecule has 1 aliphatic heterocycles. The van der Waals surface area contributed by atoms with Crippen LogP contribution in [-0.4, -0.2) is 31.5 Å². The van der Waals surface area contributed by atoms with Crippen LogP contribution in [0.15, 0.2) is 18.2 Å². The number of anilines is 1. The van der Waals surface area contributed by atoms with Crippen LogP contribution in [0.2, 0.25) is 0 Å². The van der Waals surface area contributed by atoms with Crippen molar-refractivity contribution in [2.45, 2.75) is 6.42 Å². The topological polar surface area (TPSA) is 93.5 Å². The predicted molar refractivity (Wildman–Crippen MR) is 66.6 cm³/mol. The van der Waals surface area contributed by atoms with Gasteiger partial charge < -0.3 is 21.1 Å². The van der Waals surface area contributed by atoms with Gasteiger partial charge in [-0.2, -0.15) is 0 Å². The number of fused-ring (bicyclic) bond motifs is 1. The van der Waals surface area contributed by atoms with Crippen LogP contribution >= 0.6 is 0 Å². The van der Waals surface area contributed by atoms with Crippen LogP contribution in [0.25, 0.3) is 0 Å². The first-order valence-electron chi connectivity index (χ1n) is 5.75. The Morgan fingerprint density at radius 2 is 2.33 bits per heavy atom. The molecule has 0 aliphatic carbocycles. The van der Waals surface area contributed by atoms with E-state index in [1.54, 1.807) is 18.2 Å². The summed E-state index contributed by atoms with van der Waals surface area (Å²) in [5, 5.41) is 5.37. The Bertz CT molecular complexity index is 474. The quantitative estimate of drug-likeness (QED) is 0.708. The van der Waals surface area contributed by atoms with Crippen LogP contribution in [0.3, 0.4) is 0 Å². The van der Waals surface area contributed by atoms with Crippen LogP contribution in [0.5, 0.6) is 5.75 Å². The molecule has 18 heavy (non-hydrogen) atoms. The Balaban J connectivity index is 2.20. The minimum atomic E-state index is -0.221. The summed E-state index contributed by atoms with van der Waals surface area (Å²) in [5.41, 5.74) is 6.30. The van der Waals surface area contributed by atoms with Gasteiger partial charge in [0.2, 0.25) is 5.91 Å². The Labute approximate surface area is 104 Å². The first-order valence-corrected chi connectivity index (χ1v) is 5.75. The molecule has 1 heterocycles. The molecule has 0 spiro atoms. The number of nitrogens with one attached hydrogen (secondary N) is 2. The summed E-state index contributed by atoms with van der Waals surface area (Å²) >= 11 is 0. The summed E-state index contributed by atoms with van der Waals surface area (Å²) in [5.74, 6) is 0.242. The second-order valence-electron chi connectivity index (χ2n) is 3.90. The van der Waals surface area contributed by atoms with Gasteiger partial charge in [0.05, 0.1) is 18.7 Å². The summed E-state index contributed by atoms with van der Waals surface area (Å²) in [6.45, 7) is 1.15. The molecule has 1 aromatic carbocycles. The van der Waals surface area contributed by atoms with Crippen LogP contribution < -0.4 is 21.1 Å². The van der Waals surface area contributed by atoms with Crippen molar-refractivity contribution in [3.63, 3.8) is 0 Å². The third-order valence-corrected chi connectivity index (χ3v) is 2.53. The lowest BCUT2D eigenvalue weighted by Crippen LogP contribution is -2.29. The maximum atomic E-state index is 11.7. The largest absolute Gasteiger partial charge is 0.491 e. The molecule has 2 rings (SSSR count). The van der Waals surface area contributed by atoms with Crippen molar-refractivity contribution in [1.29, 1.82) is 0 Å². The molecule has 96 valence electrons. The lowest BCUT2D eigenvalue weighted by molar-refractivity contribution is -0.116. The minimum Gasteiger partial charge on any atom is -0.491 e. The van der Waals surface area contributed by atoms with E-state index in [1.807, 2.05) is 0 Å². The number of benzene rings is 1. The number of ether oxygens (including phenoxy) is 1. The van der Waals surface area contributed by atoms with E-state index in [0.717, 1.165) is 0 Å². The smallest absolute Gasteiger partial charge is 0.251 e. The number of carbonyl (C=O) groups excluding carboxylic acids is 2. The summed E-state index contributed by atoms with van der Waals surface area (Å²) in [6, 6.07) is 4.94. The van der Waals surface area contributed by atoms with Crippen molar-refractivity contribution < 1.29 is 14.3 Å². The summed E-state index contributed by atoms with van der Waals surface area (Å²) < 4.78 is 5.40. The zero-order chi connectivity index (χ0) is 13.0. The number of carbonyl (C=O) groups is 2. The fourth-order valence-corrected chi connectivity index (χ4v) is 1.65. The molecular formula is C12H15N3O3. The van der Waals surface area contributed by atoms with Gasteiger partial charge in [0, 0.05) is 18.7 Å². The van der Waals surface area contributed by atoms with Crippen LogP contribution in [0.1, 0.15) is 16.8 Å². The molecule has 2 amide bonds. The molecule has 6 heteroatoms. The van der Waals surface area contributed by atoms with Crippen molar-refractivity contribution in [1.82, 2.24) is 5.32 Å². The number of hydrogen-bond donors (Lipinski definition) is 3. The van der Waals surface area contributed by atoms with E-state index in [-0.39, 0.29) is 11.8 Å². The summed E-state index contributed by atoms with van der Waals surface area (Å²) in [7, 11) is 0. The Morgan fingerprint density at radius 3 is 3.11 bits per heavy atom. The maximum absolute atomic E-state index is 11.7. The number of amides is 2. The Morgan fingerprint density at radius 1 is 1.50 bits per heavy atom. The predicted octanol–water partition coefficient (Wildman–Crippen LogP) is 0.0961. The van der Waals surface area contributed by atoms with Crippen LogP contribution in [0.4, 0.5) is 5.69 Å². The van der Waals surface area contributed by atoms with Gasteiger partial charge in [0.1, 0.15) is 5.75 Å². The standard InChI is InChI=1S/C12H15N3O3/c13-4-5-14-12(17)8-1-2-10-9(7-8)15-11(16)3-6-18-10/h1-2,7H,3-6,13H2,(H,14,17)(H,15,16). The van der Waals surface area contributed by atoms with E-state index in [4.69, 9.17) is 10.5 Å². The lowest BCUT2D eigenvalue weighted by atomic mass is 10.1. The van der Waals surface area contributed by atoms with E-state index in [9.17, 15) is 9.59 Å². The van der Waals surface area contributed by atoms with Gasteiger partial charge in [-0.3, -0.25) is 9.59 Å². The molecule has 0 saturated heterocycles. The van der Waals surface area contributed by atoms with E-state index >= 15 is 0 Å². The third kappa shape index (κ3) is 2.78. The SMILES string of the molecule is NCCNC(=O)c1ccc2c(c1)NC(=O)CCO2. The molecule has 0 bridgehead atoms. The molecular weight excluding hydrogens is 234 g/mol. The van der Waals surface area contributed by atoms with Crippen molar-refractivity contribution >= 4 is 17.5 Å². The van der Waals surface area contributed by atoms with Gasteiger partial charge in [-0.25, -0.2) is 0 Å². The monoisotopic (exact) mass is 249 g/mol. The average Bonchev–Trinajstić information content (AvgIpc) is 2.55. The molecule has 0 atom stereocenters. The normalized spacial score (nSPS) is 13.9. The van der Waals surface area contributed by atoms with Crippen molar-refractivity contribution in [3.05, 3.63) is 23.8 Å². The Kier molecular flexibility index (Phi) is 3.78. The highest BCUT2D eigenvalue weighted by atomic mass is 16.5.